The molecule has 0 unspecified atom stereocenters. The lowest BCUT2D eigenvalue weighted by Crippen LogP contribution is -2.36. The first kappa shape index (κ1) is 23.4. The van der Waals surface area contributed by atoms with E-state index in [1.165, 1.54) is 7.11 Å². The van der Waals surface area contributed by atoms with E-state index in [0.717, 1.165) is 17.0 Å². The van der Waals surface area contributed by atoms with Gasteiger partial charge in [-0.15, -0.1) is 0 Å². The normalized spacial score (nSPS) is 19.9. The number of carbonyl (C=O) groups excluding carboxylic acids is 2. The van der Waals surface area contributed by atoms with Crippen LogP contribution < -0.4 is 19.5 Å². The molecule has 4 rings (SSSR count). The van der Waals surface area contributed by atoms with E-state index < -0.39 is 11.9 Å². The third-order valence-electron chi connectivity index (χ3n) is 6.56. The van der Waals surface area contributed by atoms with Gasteiger partial charge in [0.2, 0.25) is 0 Å². The Morgan fingerprint density at radius 3 is 2.24 bits per heavy atom. The molecule has 1 heterocycles. The number of hydrogen-bond donors (Lipinski definition) is 1. The number of methoxy groups -OCH3 is 4. The van der Waals surface area contributed by atoms with Crippen molar-refractivity contribution in [2.75, 3.05) is 28.4 Å². The SMILES string of the molecule is COC(=O)C1=C(C)NC2=C(C(=O)C[C@@H](c3ccccc3OC)C2)[C@@H]1c1cccc(OC)c1OC. The van der Waals surface area contributed by atoms with Gasteiger partial charge in [0.25, 0.3) is 0 Å². The topological polar surface area (TPSA) is 83.1 Å². The minimum Gasteiger partial charge on any atom is -0.496 e. The molecule has 1 N–H and O–H groups in total. The quantitative estimate of drug-likeness (QED) is 0.642. The monoisotopic (exact) mass is 463 g/mol. The summed E-state index contributed by atoms with van der Waals surface area (Å²) in [7, 11) is 6.08. The van der Waals surface area contributed by atoms with Gasteiger partial charge in [0.05, 0.1) is 39.9 Å². The van der Waals surface area contributed by atoms with Crippen molar-refractivity contribution >= 4 is 11.8 Å². The Hall–Kier alpha value is -3.74. The van der Waals surface area contributed by atoms with Crippen molar-refractivity contribution in [2.24, 2.45) is 0 Å². The number of ether oxygens (including phenoxy) is 4. The van der Waals surface area contributed by atoms with Crippen LogP contribution in [0.2, 0.25) is 0 Å². The number of carbonyl (C=O) groups is 2. The second-order valence-corrected chi connectivity index (χ2v) is 8.33. The van der Waals surface area contributed by atoms with Crippen LogP contribution in [0.3, 0.4) is 0 Å². The summed E-state index contributed by atoms with van der Waals surface area (Å²) in [5.74, 6) is 0.554. The minimum absolute atomic E-state index is 0.0339. The first-order valence-electron chi connectivity index (χ1n) is 11.1. The number of hydrogen-bond acceptors (Lipinski definition) is 7. The molecule has 0 amide bonds. The van der Waals surface area contributed by atoms with Gasteiger partial charge in [-0.1, -0.05) is 30.3 Å². The van der Waals surface area contributed by atoms with Crippen molar-refractivity contribution in [2.45, 2.75) is 31.6 Å². The zero-order valence-corrected chi connectivity index (χ0v) is 20.1. The van der Waals surface area contributed by atoms with Crippen LogP contribution in [0.1, 0.15) is 42.7 Å². The summed E-state index contributed by atoms with van der Waals surface area (Å²) in [6.45, 7) is 1.83. The van der Waals surface area contributed by atoms with Gasteiger partial charge in [-0.2, -0.15) is 0 Å². The predicted molar refractivity (Wildman–Crippen MR) is 127 cm³/mol. The Morgan fingerprint density at radius 1 is 0.882 bits per heavy atom. The maximum Gasteiger partial charge on any atom is 0.336 e. The van der Waals surface area contributed by atoms with Gasteiger partial charge in [-0.05, 0) is 31.0 Å². The van der Waals surface area contributed by atoms with Crippen LogP contribution in [0.25, 0.3) is 0 Å². The van der Waals surface area contributed by atoms with Crippen LogP contribution in [0, 0.1) is 0 Å². The highest BCUT2D eigenvalue weighted by atomic mass is 16.5. The second-order valence-electron chi connectivity index (χ2n) is 8.33. The Balaban J connectivity index is 1.88. The van der Waals surface area contributed by atoms with E-state index in [9.17, 15) is 9.59 Å². The van der Waals surface area contributed by atoms with E-state index in [2.05, 4.69) is 5.32 Å². The summed E-state index contributed by atoms with van der Waals surface area (Å²) in [5.41, 5.74) is 4.06. The number of esters is 1. The summed E-state index contributed by atoms with van der Waals surface area (Å²) in [4.78, 5) is 26.7. The molecule has 0 saturated heterocycles. The van der Waals surface area contributed by atoms with Crippen molar-refractivity contribution in [1.29, 1.82) is 0 Å². The summed E-state index contributed by atoms with van der Waals surface area (Å²) in [6, 6.07) is 13.2. The molecule has 7 nitrogen and oxygen atoms in total. The molecule has 1 aliphatic carbocycles. The van der Waals surface area contributed by atoms with E-state index in [1.807, 2.05) is 43.3 Å². The molecular formula is C27H29NO6. The zero-order chi connectivity index (χ0) is 24.4. The number of dihydropyridines is 1. The number of para-hydroxylation sites is 2. The Morgan fingerprint density at radius 2 is 1.56 bits per heavy atom. The molecule has 0 spiro atoms. The molecule has 0 saturated carbocycles. The highest BCUT2D eigenvalue weighted by Gasteiger charge is 2.43. The van der Waals surface area contributed by atoms with Crippen LogP contribution >= 0.6 is 0 Å². The lowest BCUT2D eigenvalue weighted by molar-refractivity contribution is -0.136. The molecule has 0 radical (unpaired) electrons. The van der Waals surface area contributed by atoms with Crippen molar-refractivity contribution < 1.29 is 28.5 Å². The number of ketones is 1. The molecule has 178 valence electrons. The Kier molecular flexibility index (Phi) is 6.63. The van der Waals surface area contributed by atoms with Crippen LogP contribution in [-0.4, -0.2) is 40.2 Å². The van der Waals surface area contributed by atoms with E-state index in [-0.39, 0.29) is 11.7 Å². The fraction of sp³-hybridized carbons (Fsp3) is 0.333. The van der Waals surface area contributed by atoms with Gasteiger partial charge >= 0.3 is 5.97 Å². The maximum absolute atomic E-state index is 13.7. The van der Waals surface area contributed by atoms with Gasteiger partial charge in [0, 0.05) is 34.9 Å². The highest BCUT2D eigenvalue weighted by molar-refractivity contribution is 6.04. The third-order valence-corrected chi connectivity index (χ3v) is 6.56. The van der Waals surface area contributed by atoms with Crippen LogP contribution in [0.15, 0.2) is 65.0 Å². The zero-order valence-electron chi connectivity index (χ0n) is 20.1. The molecule has 0 bridgehead atoms. The molecule has 2 aromatic rings. The molecule has 7 heteroatoms. The molecule has 0 fully saturated rings. The number of benzene rings is 2. The summed E-state index contributed by atoms with van der Waals surface area (Å²) in [5, 5.41) is 3.34. The largest absolute Gasteiger partial charge is 0.496 e. The smallest absolute Gasteiger partial charge is 0.336 e. The van der Waals surface area contributed by atoms with Crippen molar-refractivity contribution in [1.82, 2.24) is 5.32 Å². The number of Topliss-reactive ketones (excluding diaryl/α,β-unsaturated/α-hetero) is 1. The molecule has 1 aliphatic heterocycles. The molecule has 2 aliphatic rings. The first-order chi connectivity index (χ1) is 16.4. The van der Waals surface area contributed by atoms with Crippen LogP contribution in [-0.2, 0) is 14.3 Å². The van der Waals surface area contributed by atoms with E-state index in [1.54, 1.807) is 27.4 Å². The van der Waals surface area contributed by atoms with Crippen molar-refractivity contribution in [3.63, 3.8) is 0 Å². The number of rotatable bonds is 6. The summed E-state index contributed by atoms with van der Waals surface area (Å²) in [6.07, 6.45) is 0.910. The first-order valence-corrected chi connectivity index (χ1v) is 11.1. The third kappa shape index (κ3) is 3.91. The van der Waals surface area contributed by atoms with Crippen molar-refractivity contribution in [3.8, 4) is 17.2 Å². The molecule has 2 aromatic carbocycles. The standard InChI is InChI=1S/C27H29NO6/c1-15-23(27(30)34-5)24(18-10-8-12-22(32-3)26(18)33-4)25-19(28-15)13-16(14-20(25)29)17-9-6-7-11-21(17)31-2/h6-12,16,24,28H,13-14H2,1-5H3/t16-,24+/m0/s1. The van der Waals surface area contributed by atoms with E-state index in [0.29, 0.717) is 46.7 Å². The fourth-order valence-corrected chi connectivity index (χ4v) is 5.09. The van der Waals surface area contributed by atoms with E-state index >= 15 is 0 Å². The lowest BCUT2D eigenvalue weighted by Gasteiger charge is -2.37. The summed E-state index contributed by atoms with van der Waals surface area (Å²) >= 11 is 0. The van der Waals surface area contributed by atoms with Gasteiger partial charge in [0.1, 0.15) is 5.75 Å². The molecule has 34 heavy (non-hydrogen) atoms. The van der Waals surface area contributed by atoms with Gasteiger partial charge in [-0.3, -0.25) is 4.79 Å². The lowest BCUT2D eigenvalue weighted by atomic mass is 9.71. The Bertz CT molecular complexity index is 1200. The highest BCUT2D eigenvalue weighted by Crippen LogP contribution is 2.49. The van der Waals surface area contributed by atoms with Gasteiger partial charge in [0.15, 0.2) is 17.3 Å². The van der Waals surface area contributed by atoms with Gasteiger partial charge in [-0.25, -0.2) is 4.79 Å². The fourth-order valence-electron chi connectivity index (χ4n) is 5.09. The molecular weight excluding hydrogens is 434 g/mol. The molecule has 0 aromatic heterocycles. The number of allylic oxidation sites excluding steroid dienone is 3. The van der Waals surface area contributed by atoms with Crippen molar-refractivity contribution in [3.05, 3.63) is 76.1 Å². The van der Waals surface area contributed by atoms with Crippen LogP contribution in [0.4, 0.5) is 0 Å². The minimum atomic E-state index is -0.639. The average molecular weight is 464 g/mol. The van der Waals surface area contributed by atoms with Gasteiger partial charge < -0.3 is 24.3 Å². The summed E-state index contributed by atoms with van der Waals surface area (Å²) < 4.78 is 21.8. The molecule has 2 atom stereocenters. The second kappa shape index (κ2) is 9.63. The average Bonchev–Trinajstić information content (AvgIpc) is 2.86. The maximum atomic E-state index is 13.7. The Labute approximate surface area is 199 Å². The predicted octanol–water partition coefficient (Wildman–Crippen LogP) is 4.25. The van der Waals surface area contributed by atoms with E-state index in [4.69, 9.17) is 18.9 Å². The van der Waals surface area contributed by atoms with Crippen LogP contribution in [0.5, 0.6) is 17.2 Å². The number of nitrogens with one attached hydrogen (secondary N) is 1.